The molecule has 20 heavy (non-hydrogen) atoms. The largest absolute Gasteiger partial charge is 0.496 e. The molecule has 0 fully saturated rings. The highest BCUT2D eigenvalue weighted by Gasteiger charge is 2.26. The topological polar surface area (TPSA) is 35.2 Å². The molecule has 0 bridgehead atoms. The molecule has 2 rings (SSSR count). The number of hydrogen-bond donors (Lipinski definition) is 1. The zero-order valence-electron chi connectivity index (χ0n) is 11.5. The normalized spacial score (nSPS) is 13.8. The van der Waals surface area contributed by atoms with Gasteiger partial charge in [0, 0.05) is 15.6 Å². The molecule has 1 atom stereocenters. The summed E-state index contributed by atoms with van der Waals surface area (Å²) in [6.45, 7) is 1.83. The average Bonchev–Trinajstić information content (AvgIpc) is 2.39. The van der Waals surface area contributed by atoms with Gasteiger partial charge in [0.25, 0.3) is 0 Å². The predicted octanol–water partition coefficient (Wildman–Crippen LogP) is 4.01. The summed E-state index contributed by atoms with van der Waals surface area (Å²) in [6.07, 6.45) is 0.483. The van der Waals surface area contributed by atoms with E-state index in [1.54, 1.807) is 25.3 Å². The highest BCUT2D eigenvalue weighted by atomic mass is 79.9. The molecule has 2 N–H and O–H groups in total. The van der Waals surface area contributed by atoms with Gasteiger partial charge < -0.3 is 10.5 Å². The van der Waals surface area contributed by atoms with Gasteiger partial charge in [0.2, 0.25) is 0 Å². The van der Waals surface area contributed by atoms with E-state index in [2.05, 4.69) is 15.9 Å². The van der Waals surface area contributed by atoms with Crippen LogP contribution >= 0.6 is 15.9 Å². The number of rotatable bonds is 4. The number of ether oxygens (including phenoxy) is 1. The van der Waals surface area contributed by atoms with E-state index in [1.165, 1.54) is 6.07 Å². The minimum Gasteiger partial charge on any atom is -0.496 e. The molecule has 106 valence electrons. The van der Waals surface area contributed by atoms with Gasteiger partial charge in [-0.2, -0.15) is 0 Å². The van der Waals surface area contributed by atoms with Gasteiger partial charge in [-0.25, -0.2) is 4.39 Å². The van der Waals surface area contributed by atoms with Gasteiger partial charge in [-0.3, -0.25) is 0 Å². The Morgan fingerprint density at radius 2 is 1.95 bits per heavy atom. The number of methoxy groups -OCH3 is 1. The van der Waals surface area contributed by atoms with Gasteiger partial charge in [0.1, 0.15) is 11.6 Å². The van der Waals surface area contributed by atoms with E-state index < -0.39 is 5.54 Å². The molecule has 0 radical (unpaired) electrons. The lowest BCUT2D eigenvalue weighted by atomic mass is 9.86. The second-order valence-corrected chi connectivity index (χ2v) is 5.95. The molecular formula is C16H17BrFNO. The van der Waals surface area contributed by atoms with Crippen molar-refractivity contribution in [3.63, 3.8) is 0 Å². The van der Waals surface area contributed by atoms with E-state index in [4.69, 9.17) is 10.5 Å². The Bertz CT molecular complexity index is 613. The summed E-state index contributed by atoms with van der Waals surface area (Å²) in [5.74, 6) is 0.465. The lowest BCUT2D eigenvalue weighted by molar-refractivity contribution is 0.396. The van der Waals surface area contributed by atoms with Gasteiger partial charge in [-0.15, -0.1) is 0 Å². The molecule has 0 heterocycles. The Balaban J connectivity index is 2.38. The summed E-state index contributed by atoms with van der Waals surface area (Å²) in [6, 6.07) is 12.3. The Hall–Kier alpha value is -1.39. The van der Waals surface area contributed by atoms with Crippen LogP contribution in [0, 0.1) is 5.82 Å². The van der Waals surface area contributed by atoms with E-state index in [0.29, 0.717) is 12.0 Å². The quantitative estimate of drug-likeness (QED) is 0.914. The van der Waals surface area contributed by atoms with Crippen LogP contribution < -0.4 is 10.5 Å². The number of hydrogen-bond acceptors (Lipinski definition) is 2. The number of benzene rings is 2. The second-order valence-electron chi connectivity index (χ2n) is 5.03. The first-order chi connectivity index (χ1) is 9.44. The van der Waals surface area contributed by atoms with Crippen LogP contribution in [0.25, 0.3) is 0 Å². The van der Waals surface area contributed by atoms with Crippen LogP contribution in [0.4, 0.5) is 4.39 Å². The molecule has 2 aromatic rings. The van der Waals surface area contributed by atoms with Crippen molar-refractivity contribution in [3.8, 4) is 5.75 Å². The van der Waals surface area contributed by atoms with Gasteiger partial charge in [-0.05, 0) is 43.2 Å². The molecule has 2 nitrogen and oxygen atoms in total. The van der Waals surface area contributed by atoms with Crippen LogP contribution in [0.5, 0.6) is 5.75 Å². The van der Waals surface area contributed by atoms with Crippen molar-refractivity contribution in [1.29, 1.82) is 0 Å². The van der Waals surface area contributed by atoms with Gasteiger partial charge in [0.15, 0.2) is 0 Å². The average molecular weight is 338 g/mol. The summed E-state index contributed by atoms with van der Waals surface area (Å²) in [5, 5.41) is 0. The SMILES string of the molecule is COc1ccc(Br)cc1CC(C)(N)c1ccccc1F. The smallest absolute Gasteiger partial charge is 0.128 e. The first-order valence-corrected chi connectivity index (χ1v) is 7.09. The van der Waals surface area contributed by atoms with E-state index >= 15 is 0 Å². The third-order valence-electron chi connectivity index (χ3n) is 3.29. The number of nitrogens with two attached hydrogens (primary N) is 1. The summed E-state index contributed by atoms with van der Waals surface area (Å²) in [5.41, 5.74) is 6.97. The zero-order chi connectivity index (χ0) is 14.8. The molecule has 0 aliphatic carbocycles. The fraction of sp³-hybridized carbons (Fsp3) is 0.250. The summed E-state index contributed by atoms with van der Waals surface area (Å²) in [4.78, 5) is 0. The van der Waals surface area contributed by atoms with Crippen LogP contribution in [0.2, 0.25) is 0 Å². The van der Waals surface area contributed by atoms with Crippen molar-refractivity contribution in [2.24, 2.45) is 5.73 Å². The van der Waals surface area contributed by atoms with E-state index in [1.807, 2.05) is 25.1 Å². The Morgan fingerprint density at radius 3 is 2.60 bits per heavy atom. The molecule has 0 amide bonds. The van der Waals surface area contributed by atoms with Crippen LogP contribution in [0.15, 0.2) is 46.9 Å². The molecule has 0 saturated heterocycles. The number of halogens is 2. The van der Waals surface area contributed by atoms with Crippen LogP contribution in [-0.4, -0.2) is 7.11 Å². The highest BCUT2D eigenvalue weighted by Crippen LogP contribution is 2.31. The van der Waals surface area contributed by atoms with Crippen molar-refractivity contribution in [3.05, 3.63) is 63.9 Å². The minimum atomic E-state index is -0.806. The van der Waals surface area contributed by atoms with Crippen molar-refractivity contribution >= 4 is 15.9 Å². The van der Waals surface area contributed by atoms with Crippen LogP contribution in [-0.2, 0) is 12.0 Å². The molecule has 0 aromatic heterocycles. The minimum absolute atomic E-state index is 0.286. The van der Waals surface area contributed by atoms with Crippen molar-refractivity contribution in [2.45, 2.75) is 18.9 Å². The highest BCUT2D eigenvalue weighted by molar-refractivity contribution is 9.10. The van der Waals surface area contributed by atoms with Gasteiger partial charge in [0.05, 0.1) is 7.11 Å². The summed E-state index contributed by atoms with van der Waals surface area (Å²) < 4.78 is 20.2. The fourth-order valence-electron chi connectivity index (χ4n) is 2.30. The van der Waals surface area contributed by atoms with Crippen molar-refractivity contribution in [2.75, 3.05) is 7.11 Å². The fourth-order valence-corrected chi connectivity index (χ4v) is 2.71. The van der Waals surface area contributed by atoms with Crippen molar-refractivity contribution < 1.29 is 9.13 Å². The van der Waals surface area contributed by atoms with E-state index in [0.717, 1.165) is 15.8 Å². The standard InChI is InChI=1S/C16H17BrFNO/c1-16(19,13-5-3-4-6-14(13)18)10-11-9-12(17)7-8-15(11)20-2/h3-9H,10,19H2,1-2H3. The Morgan fingerprint density at radius 1 is 1.25 bits per heavy atom. The molecule has 1 unspecified atom stereocenters. The molecule has 0 spiro atoms. The Labute approximate surface area is 126 Å². The lowest BCUT2D eigenvalue weighted by Crippen LogP contribution is -2.36. The van der Waals surface area contributed by atoms with Crippen LogP contribution in [0.1, 0.15) is 18.1 Å². The van der Waals surface area contributed by atoms with Crippen molar-refractivity contribution in [1.82, 2.24) is 0 Å². The van der Waals surface area contributed by atoms with Gasteiger partial charge in [-0.1, -0.05) is 34.1 Å². The molecular weight excluding hydrogens is 321 g/mol. The summed E-state index contributed by atoms with van der Waals surface area (Å²) in [7, 11) is 1.61. The molecule has 0 aliphatic heterocycles. The third kappa shape index (κ3) is 3.19. The molecule has 0 aliphatic rings. The maximum Gasteiger partial charge on any atom is 0.128 e. The maximum absolute atomic E-state index is 13.9. The summed E-state index contributed by atoms with van der Waals surface area (Å²) >= 11 is 3.43. The molecule has 0 saturated carbocycles. The zero-order valence-corrected chi connectivity index (χ0v) is 13.1. The second kappa shape index (κ2) is 5.94. The van der Waals surface area contributed by atoms with E-state index in [9.17, 15) is 4.39 Å². The molecule has 2 aromatic carbocycles. The third-order valence-corrected chi connectivity index (χ3v) is 3.78. The maximum atomic E-state index is 13.9. The van der Waals surface area contributed by atoms with Gasteiger partial charge >= 0.3 is 0 Å². The van der Waals surface area contributed by atoms with Crippen LogP contribution in [0.3, 0.4) is 0 Å². The molecule has 4 heteroatoms. The monoisotopic (exact) mass is 337 g/mol. The Kier molecular flexibility index (Phi) is 4.45. The lowest BCUT2D eigenvalue weighted by Gasteiger charge is -2.26. The first-order valence-electron chi connectivity index (χ1n) is 6.30. The predicted molar refractivity (Wildman–Crippen MR) is 82.3 cm³/mol. The van der Waals surface area contributed by atoms with E-state index in [-0.39, 0.29) is 5.82 Å². The first kappa shape index (κ1) is 15.0.